The SMILES string of the molecule is COC(=O)CCN1NC(SC)=N[C@@]2(C(=O)N(Cc3ccccc3)c3ccccc32)[C@@H]1c1ccccc1. The highest BCUT2D eigenvalue weighted by Crippen LogP contribution is 2.53. The van der Waals surface area contributed by atoms with Crippen molar-refractivity contribution in [3.63, 3.8) is 0 Å². The van der Waals surface area contributed by atoms with Gasteiger partial charge < -0.3 is 9.64 Å². The molecule has 0 fully saturated rings. The number of aliphatic imine (C=N–C) groups is 1. The Morgan fingerprint density at radius 1 is 1.03 bits per heavy atom. The molecule has 1 spiro atoms. The van der Waals surface area contributed by atoms with Crippen molar-refractivity contribution >= 4 is 34.5 Å². The van der Waals surface area contributed by atoms with Crippen LogP contribution in [0, 0.1) is 0 Å². The number of thioether (sulfide) groups is 1. The number of ether oxygens (including phenoxy) is 1. The Kier molecular flexibility index (Phi) is 6.80. The van der Waals surface area contributed by atoms with E-state index in [0.29, 0.717) is 18.3 Å². The summed E-state index contributed by atoms with van der Waals surface area (Å²) in [7, 11) is 1.38. The lowest BCUT2D eigenvalue weighted by Gasteiger charge is -2.45. The molecular formula is C28H28N4O3S. The summed E-state index contributed by atoms with van der Waals surface area (Å²) in [4.78, 5) is 33.6. The fraction of sp³-hybridized carbons (Fsp3) is 0.250. The smallest absolute Gasteiger partial charge is 0.306 e. The lowest BCUT2D eigenvalue weighted by molar-refractivity contribution is -0.141. The molecule has 184 valence electrons. The Morgan fingerprint density at radius 3 is 2.39 bits per heavy atom. The fourth-order valence-corrected chi connectivity index (χ4v) is 5.51. The van der Waals surface area contributed by atoms with Crippen LogP contribution in [0.15, 0.2) is 89.9 Å². The summed E-state index contributed by atoms with van der Waals surface area (Å²) < 4.78 is 4.91. The lowest BCUT2D eigenvalue weighted by atomic mass is 9.79. The molecule has 8 heteroatoms. The summed E-state index contributed by atoms with van der Waals surface area (Å²) in [6.07, 6.45) is 2.10. The molecule has 2 aliphatic rings. The quantitative estimate of drug-likeness (QED) is 0.510. The van der Waals surface area contributed by atoms with Crippen molar-refractivity contribution in [3.05, 3.63) is 102 Å². The Morgan fingerprint density at radius 2 is 1.69 bits per heavy atom. The van der Waals surface area contributed by atoms with E-state index in [2.05, 4.69) is 5.43 Å². The highest BCUT2D eigenvalue weighted by Gasteiger charge is 2.60. The maximum Gasteiger partial charge on any atom is 0.306 e. The van der Waals surface area contributed by atoms with E-state index in [-0.39, 0.29) is 18.3 Å². The molecule has 36 heavy (non-hydrogen) atoms. The monoisotopic (exact) mass is 500 g/mol. The van der Waals surface area contributed by atoms with Crippen LogP contribution in [-0.2, 0) is 26.4 Å². The number of hydrogen-bond donors (Lipinski definition) is 1. The molecule has 1 amide bonds. The Hall–Kier alpha value is -3.62. The largest absolute Gasteiger partial charge is 0.469 e. The van der Waals surface area contributed by atoms with Gasteiger partial charge in [0.25, 0.3) is 5.91 Å². The number of carbonyl (C=O) groups is 2. The number of amides is 1. The topological polar surface area (TPSA) is 74.2 Å². The molecule has 0 bridgehead atoms. The summed E-state index contributed by atoms with van der Waals surface area (Å²) in [6.45, 7) is 0.793. The number of para-hydroxylation sites is 1. The number of benzene rings is 3. The van der Waals surface area contributed by atoms with Crippen LogP contribution in [-0.4, -0.2) is 42.0 Å². The van der Waals surface area contributed by atoms with Gasteiger partial charge >= 0.3 is 5.97 Å². The first kappa shape index (κ1) is 24.1. The third-order valence-electron chi connectivity index (χ3n) is 6.68. The Bertz CT molecular complexity index is 1280. The van der Waals surface area contributed by atoms with Crippen molar-refractivity contribution in [2.24, 2.45) is 4.99 Å². The summed E-state index contributed by atoms with van der Waals surface area (Å²) in [5.74, 6) is -0.396. The number of rotatable bonds is 6. The maximum absolute atomic E-state index is 14.6. The van der Waals surface area contributed by atoms with E-state index in [1.54, 1.807) is 0 Å². The molecule has 0 saturated carbocycles. The summed E-state index contributed by atoms with van der Waals surface area (Å²) in [5.41, 5.74) is 5.84. The summed E-state index contributed by atoms with van der Waals surface area (Å²) in [5, 5.41) is 2.59. The van der Waals surface area contributed by atoms with Gasteiger partial charge in [-0.15, -0.1) is 0 Å². The molecule has 7 nitrogen and oxygen atoms in total. The normalized spacial score (nSPS) is 21.2. The van der Waals surface area contributed by atoms with Gasteiger partial charge in [0.2, 0.25) is 0 Å². The number of anilines is 1. The lowest BCUT2D eigenvalue weighted by Crippen LogP contribution is -2.59. The van der Waals surface area contributed by atoms with Gasteiger partial charge in [0, 0.05) is 12.1 Å². The first-order chi connectivity index (χ1) is 17.6. The van der Waals surface area contributed by atoms with Crippen LogP contribution < -0.4 is 10.3 Å². The van der Waals surface area contributed by atoms with E-state index in [1.807, 2.05) is 101 Å². The molecule has 1 N–H and O–H groups in total. The van der Waals surface area contributed by atoms with Gasteiger partial charge in [0.1, 0.15) is 0 Å². The van der Waals surface area contributed by atoms with Gasteiger partial charge in [-0.25, -0.2) is 10.0 Å². The molecule has 2 heterocycles. The minimum atomic E-state index is -1.22. The minimum Gasteiger partial charge on any atom is -0.469 e. The number of hydrogen-bond acceptors (Lipinski definition) is 7. The Labute approximate surface area is 215 Å². The van der Waals surface area contributed by atoms with Crippen LogP contribution >= 0.6 is 11.8 Å². The average molecular weight is 501 g/mol. The number of nitrogens with one attached hydrogen (secondary N) is 1. The van der Waals surface area contributed by atoms with Gasteiger partial charge in [-0.3, -0.25) is 15.0 Å². The first-order valence-electron chi connectivity index (χ1n) is 11.8. The number of fused-ring (bicyclic) bond motifs is 2. The van der Waals surface area contributed by atoms with Gasteiger partial charge in [-0.2, -0.15) is 0 Å². The van der Waals surface area contributed by atoms with Gasteiger partial charge in [-0.05, 0) is 23.4 Å². The third kappa shape index (κ3) is 4.16. The molecule has 3 aromatic rings. The van der Waals surface area contributed by atoms with Crippen molar-refractivity contribution in [1.82, 2.24) is 10.4 Å². The molecule has 0 radical (unpaired) electrons. The summed E-state index contributed by atoms with van der Waals surface area (Å²) >= 11 is 1.44. The van der Waals surface area contributed by atoms with E-state index in [9.17, 15) is 9.59 Å². The van der Waals surface area contributed by atoms with E-state index >= 15 is 0 Å². The zero-order valence-electron chi connectivity index (χ0n) is 20.3. The number of amidine groups is 1. The van der Waals surface area contributed by atoms with E-state index < -0.39 is 11.6 Å². The number of esters is 1. The highest BCUT2D eigenvalue weighted by molar-refractivity contribution is 8.13. The van der Waals surface area contributed by atoms with E-state index in [1.165, 1.54) is 18.9 Å². The molecule has 5 rings (SSSR count). The predicted molar refractivity (Wildman–Crippen MR) is 142 cm³/mol. The minimum absolute atomic E-state index is 0.0856. The van der Waals surface area contributed by atoms with E-state index in [0.717, 1.165) is 22.4 Å². The van der Waals surface area contributed by atoms with Crippen molar-refractivity contribution in [3.8, 4) is 0 Å². The third-order valence-corrected chi connectivity index (χ3v) is 7.25. The molecular weight excluding hydrogens is 472 g/mol. The highest BCUT2D eigenvalue weighted by atomic mass is 32.2. The van der Waals surface area contributed by atoms with Crippen LogP contribution in [0.1, 0.15) is 29.2 Å². The van der Waals surface area contributed by atoms with Gasteiger partial charge in [-0.1, -0.05) is 90.6 Å². The molecule has 0 aliphatic carbocycles. The number of nitrogens with zero attached hydrogens (tertiary/aromatic N) is 3. The first-order valence-corrected chi connectivity index (χ1v) is 13.0. The summed E-state index contributed by atoms with van der Waals surface area (Å²) in [6, 6.07) is 27.3. The second-order valence-corrected chi connectivity index (χ2v) is 9.52. The molecule has 0 unspecified atom stereocenters. The van der Waals surface area contributed by atoms with Crippen molar-refractivity contribution < 1.29 is 14.3 Å². The zero-order chi connectivity index (χ0) is 25.1. The molecule has 2 atom stereocenters. The molecule has 3 aromatic carbocycles. The van der Waals surface area contributed by atoms with Crippen LogP contribution in [0.4, 0.5) is 5.69 Å². The predicted octanol–water partition coefficient (Wildman–Crippen LogP) is 4.27. The Balaban J connectivity index is 1.68. The van der Waals surface area contributed by atoms with Crippen molar-refractivity contribution in [1.29, 1.82) is 0 Å². The van der Waals surface area contributed by atoms with E-state index in [4.69, 9.17) is 9.73 Å². The zero-order valence-corrected chi connectivity index (χ0v) is 21.1. The van der Waals surface area contributed by atoms with Gasteiger partial charge in [0.05, 0.1) is 31.8 Å². The van der Waals surface area contributed by atoms with Crippen molar-refractivity contribution in [2.75, 3.05) is 24.8 Å². The van der Waals surface area contributed by atoms with Crippen LogP contribution in [0.2, 0.25) is 0 Å². The average Bonchev–Trinajstić information content (AvgIpc) is 3.15. The van der Waals surface area contributed by atoms with Crippen LogP contribution in [0.3, 0.4) is 0 Å². The number of hydrazine groups is 1. The fourth-order valence-electron chi connectivity index (χ4n) is 5.06. The van der Waals surface area contributed by atoms with Crippen LogP contribution in [0.5, 0.6) is 0 Å². The molecule has 2 aliphatic heterocycles. The standard InChI is InChI=1S/C28H28N4O3S/c1-35-24(33)17-18-32-25(21-13-7-4-8-14-21)28(29-27(30-32)36-2)22-15-9-10-16-23(22)31(26(28)34)19-20-11-5-3-6-12-20/h3-16,25H,17-19H2,1-2H3,(H,29,30)/t25-,28+/m0/s1. The molecule has 0 saturated heterocycles. The van der Waals surface area contributed by atoms with Gasteiger partial charge in [0.15, 0.2) is 10.7 Å². The second kappa shape index (κ2) is 10.2. The number of methoxy groups -OCH3 is 1. The van der Waals surface area contributed by atoms with Crippen LogP contribution in [0.25, 0.3) is 0 Å². The maximum atomic E-state index is 14.6. The second-order valence-electron chi connectivity index (χ2n) is 8.73. The molecule has 0 aromatic heterocycles. The number of carbonyl (C=O) groups excluding carboxylic acids is 2. The van der Waals surface area contributed by atoms with Crippen molar-refractivity contribution in [2.45, 2.75) is 24.5 Å².